The van der Waals surface area contributed by atoms with Gasteiger partial charge in [-0.05, 0) is 35.0 Å². The minimum atomic E-state index is -1.75. The van der Waals surface area contributed by atoms with Crippen LogP contribution in [0.3, 0.4) is 0 Å². The molecule has 0 amide bonds. The Hall–Kier alpha value is -1.88. The summed E-state index contributed by atoms with van der Waals surface area (Å²) in [5.74, 6) is -0.125. The molecule has 0 N–H and O–H groups in total. The minimum Gasteiger partial charge on any atom is -0.356 e. The van der Waals surface area contributed by atoms with E-state index in [0.29, 0.717) is 0 Å². The molecule has 0 bridgehead atoms. The van der Waals surface area contributed by atoms with Crippen molar-refractivity contribution in [1.82, 2.24) is 24.7 Å². The monoisotopic (exact) mass is 515 g/mol. The zero-order chi connectivity index (χ0) is 22.7. The summed E-state index contributed by atoms with van der Waals surface area (Å²) in [6, 6.07) is 0. The first-order chi connectivity index (χ1) is 13.5. The van der Waals surface area contributed by atoms with Crippen LogP contribution in [0.25, 0.3) is 0 Å². The number of carbonyl (C=O) groups excluding carboxylic acids is 2. The van der Waals surface area contributed by atoms with Crippen LogP contribution in [0, 0.1) is 15.3 Å². The predicted octanol–water partition coefficient (Wildman–Crippen LogP) is 0.585. The average molecular weight is 515 g/mol. The van der Waals surface area contributed by atoms with Gasteiger partial charge in [0.05, 0.1) is 11.5 Å². The van der Waals surface area contributed by atoms with Gasteiger partial charge in [0.15, 0.2) is 0 Å². The van der Waals surface area contributed by atoms with E-state index in [1.807, 2.05) is 0 Å². The maximum atomic E-state index is 10.0. The summed E-state index contributed by atoms with van der Waals surface area (Å²) in [5.41, 5.74) is 0. The van der Waals surface area contributed by atoms with Crippen LogP contribution >= 0.6 is 0 Å². The molecule has 171 valence electrons. The molecular formula is C18H33N6O5Ru+2. The molecule has 2 rings (SSSR count). The number of hydrogen-bond acceptors (Lipinski definition) is 10. The molecule has 0 aromatic carbocycles. The summed E-state index contributed by atoms with van der Waals surface area (Å²) in [6.45, 7) is 10.0. The molecule has 12 heteroatoms. The van der Waals surface area contributed by atoms with Crippen LogP contribution in [-0.2, 0) is 29.1 Å². The molecule has 1 aromatic rings. The van der Waals surface area contributed by atoms with Crippen molar-refractivity contribution in [2.75, 3.05) is 60.4 Å². The Morgan fingerprint density at radius 1 is 0.767 bits per heavy atom. The van der Waals surface area contributed by atoms with Crippen LogP contribution in [0.15, 0.2) is 24.8 Å². The predicted molar refractivity (Wildman–Crippen MR) is 111 cm³/mol. The van der Waals surface area contributed by atoms with Gasteiger partial charge in [-0.2, -0.15) is 0 Å². The molecule has 1 fully saturated rings. The van der Waals surface area contributed by atoms with Gasteiger partial charge in [-0.25, -0.2) is 0 Å². The van der Waals surface area contributed by atoms with E-state index in [1.54, 1.807) is 24.8 Å². The van der Waals surface area contributed by atoms with Crippen LogP contribution in [0.5, 0.6) is 0 Å². The number of rotatable bonds is 2. The molecular weight excluding hydrogens is 481 g/mol. The largest absolute Gasteiger partial charge is 3.00 e. The molecule has 0 atom stereocenters. The molecule has 1 aliphatic rings. The Labute approximate surface area is 191 Å². The third-order valence-electron chi connectivity index (χ3n) is 3.57. The standard InChI is InChI=1S/C9H21N3.C5H8O2.C4H4N2.NO3.Ru/c1-10-4-6-11(2)8-9-12(3)7-5-10;1-4(6)3-5(2)7;1-2-6-4-3-5-1;2-1(3)4;/h4-9H2,1-3H3;3H2,1-2H3;1-4H;;/q;;;-1;+3. The maximum Gasteiger partial charge on any atom is 3.00 e. The number of likely N-dealkylation sites (N-methyl/N-ethyl adjacent to an activating group) is 3. The normalized spacial score (nSPS) is 14.8. The fraction of sp³-hybridized carbons (Fsp3) is 0.667. The van der Waals surface area contributed by atoms with Crippen LogP contribution in [0.2, 0.25) is 0 Å². The third-order valence-corrected chi connectivity index (χ3v) is 3.57. The summed E-state index contributed by atoms with van der Waals surface area (Å²) in [5, 5.41) is 14.8. The van der Waals surface area contributed by atoms with Crippen LogP contribution in [0.4, 0.5) is 0 Å². The van der Waals surface area contributed by atoms with E-state index in [0.717, 1.165) is 0 Å². The second kappa shape index (κ2) is 21.8. The summed E-state index contributed by atoms with van der Waals surface area (Å²) in [6.07, 6.45) is 6.64. The van der Waals surface area contributed by atoms with Gasteiger partial charge in [0.25, 0.3) is 0 Å². The van der Waals surface area contributed by atoms with E-state index in [9.17, 15) is 9.59 Å². The van der Waals surface area contributed by atoms with Crippen molar-refractivity contribution in [3.05, 3.63) is 40.1 Å². The molecule has 0 aliphatic carbocycles. The second-order valence-corrected chi connectivity index (χ2v) is 6.61. The van der Waals surface area contributed by atoms with Gasteiger partial charge in [-0.3, -0.25) is 19.6 Å². The fourth-order valence-corrected chi connectivity index (χ4v) is 1.96. The number of nitrogens with zero attached hydrogens (tertiary/aromatic N) is 6. The Morgan fingerprint density at radius 2 is 0.967 bits per heavy atom. The zero-order valence-electron chi connectivity index (χ0n) is 18.3. The first-order valence-electron chi connectivity index (χ1n) is 9.10. The Balaban J connectivity index is -0.000000349. The summed E-state index contributed by atoms with van der Waals surface area (Å²) in [7, 11) is 6.60. The quantitative estimate of drug-likeness (QED) is 0.239. The smallest absolute Gasteiger partial charge is 0.356 e. The number of aromatic nitrogens is 2. The third kappa shape index (κ3) is 30.8. The first-order valence-corrected chi connectivity index (χ1v) is 9.10. The molecule has 1 aliphatic heterocycles. The van der Waals surface area contributed by atoms with E-state index in [4.69, 9.17) is 15.3 Å². The molecule has 1 saturated heterocycles. The van der Waals surface area contributed by atoms with Crippen molar-refractivity contribution < 1.29 is 34.2 Å². The second-order valence-electron chi connectivity index (χ2n) is 6.61. The number of hydrogen-bond donors (Lipinski definition) is 0. The van der Waals surface area contributed by atoms with E-state index in [-0.39, 0.29) is 37.5 Å². The average Bonchev–Trinajstić information content (AvgIpc) is 2.70. The van der Waals surface area contributed by atoms with Crippen molar-refractivity contribution >= 4 is 11.6 Å². The SMILES string of the molecule is CC(=O)CC(C)=O.CN1CCN(C)CCN(C)CC1.O=[N+]([O-])[O-].[Ru+3].c1cnccn1. The van der Waals surface area contributed by atoms with Gasteiger partial charge >= 0.3 is 19.5 Å². The molecule has 2 heterocycles. The summed E-state index contributed by atoms with van der Waals surface area (Å²) >= 11 is 0. The van der Waals surface area contributed by atoms with Crippen molar-refractivity contribution in [3.8, 4) is 0 Å². The fourth-order valence-electron chi connectivity index (χ4n) is 1.96. The van der Waals surface area contributed by atoms with Gasteiger partial charge in [0.2, 0.25) is 0 Å². The van der Waals surface area contributed by atoms with Gasteiger partial charge < -0.3 is 30.0 Å². The van der Waals surface area contributed by atoms with Gasteiger partial charge in [0, 0.05) is 64.1 Å². The first kappa shape index (κ1) is 32.8. The zero-order valence-corrected chi connectivity index (χ0v) is 20.1. The Bertz CT molecular complexity index is 489. The van der Waals surface area contributed by atoms with Crippen molar-refractivity contribution in [2.24, 2.45) is 0 Å². The number of carbonyl (C=O) groups is 2. The molecule has 30 heavy (non-hydrogen) atoms. The van der Waals surface area contributed by atoms with E-state index < -0.39 is 5.09 Å². The van der Waals surface area contributed by atoms with Crippen LogP contribution in [-0.4, -0.2) is 102 Å². The molecule has 1 radical (unpaired) electrons. The van der Waals surface area contributed by atoms with E-state index in [2.05, 4.69) is 45.8 Å². The van der Waals surface area contributed by atoms with Gasteiger partial charge in [-0.1, -0.05) is 0 Å². The summed E-state index contributed by atoms with van der Waals surface area (Å²) < 4.78 is 0. The molecule has 11 nitrogen and oxygen atoms in total. The molecule has 0 saturated carbocycles. The summed E-state index contributed by atoms with van der Waals surface area (Å²) in [4.78, 5) is 43.0. The minimum absolute atomic E-state index is 0. The van der Waals surface area contributed by atoms with E-state index >= 15 is 0 Å². The maximum absolute atomic E-state index is 10.0. The molecule has 0 spiro atoms. The van der Waals surface area contributed by atoms with Crippen LogP contribution in [0.1, 0.15) is 20.3 Å². The number of ketones is 2. The Morgan fingerprint density at radius 3 is 1.07 bits per heavy atom. The van der Waals surface area contributed by atoms with Gasteiger partial charge in [0.1, 0.15) is 11.6 Å². The van der Waals surface area contributed by atoms with Crippen LogP contribution < -0.4 is 0 Å². The van der Waals surface area contributed by atoms with Crippen molar-refractivity contribution in [3.63, 3.8) is 0 Å². The topological polar surface area (TPSA) is 136 Å². The van der Waals surface area contributed by atoms with Crippen molar-refractivity contribution in [2.45, 2.75) is 20.3 Å². The van der Waals surface area contributed by atoms with E-state index in [1.165, 1.54) is 53.1 Å². The number of Topliss-reactive ketones (excluding diaryl/α,β-unsaturated/α-hetero) is 2. The Kier molecular flexibility index (Phi) is 23.8. The van der Waals surface area contributed by atoms with Crippen molar-refractivity contribution in [1.29, 1.82) is 0 Å². The molecule has 0 unspecified atom stereocenters. The molecule has 1 aromatic heterocycles. The van der Waals surface area contributed by atoms with Gasteiger partial charge in [-0.15, -0.1) is 0 Å².